The first-order valence-electron chi connectivity index (χ1n) is 6.62. The SMILES string of the molecule is CC(C)(C)OC(=O)N1CCC2C/C(=N/N)CC2C1. The third-order valence-electron chi connectivity index (χ3n) is 3.72. The normalized spacial score (nSPS) is 30.4. The van der Waals surface area contributed by atoms with Gasteiger partial charge in [-0.3, -0.25) is 0 Å². The van der Waals surface area contributed by atoms with Crippen molar-refractivity contribution in [2.45, 2.75) is 45.6 Å². The van der Waals surface area contributed by atoms with E-state index in [1.54, 1.807) is 0 Å². The molecule has 2 rings (SSSR count). The number of carbonyl (C=O) groups excluding carboxylic acids is 1. The topological polar surface area (TPSA) is 67.9 Å². The van der Waals surface area contributed by atoms with E-state index in [-0.39, 0.29) is 6.09 Å². The summed E-state index contributed by atoms with van der Waals surface area (Å²) >= 11 is 0. The quantitative estimate of drug-likeness (QED) is 0.530. The molecule has 5 nitrogen and oxygen atoms in total. The Morgan fingerprint density at radius 1 is 1.39 bits per heavy atom. The molecule has 1 saturated carbocycles. The van der Waals surface area contributed by atoms with Crippen LogP contribution in [0.5, 0.6) is 0 Å². The van der Waals surface area contributed by atoms with E-state index in [1.165, 1.54) is 0 Å². The molecular weight excluding hydrogens is 230 g/mol. The van der Waals surface area contributed by atoms with Crippen LogP contribution in [0, 0.1) is 11.8 Å². The Balaban J connectivity index is 1.93. The van der Waals surface area contributed by atoms with Crippen molar-refractivity contribution >= 4 is 11.8 Å². The molecule has 1 amide bonds. The standard InChI is InChI=1S/C13H23N3O2/c1-13(2,3)18-12(17)16-5-4-9-6-11(15-14)7-10(9)8-16/h9-10H,4-8,14H2,1-3H3/b15-11-. The van der Waals surface area contributed by atoms with E-state index in [2.05, 4.69) is 5.10 Å². The van der Waals surface area contributed by atoms with Gasteiger partial charge in [-0.2, -0.15) is 5.10 Å². The number of likely N-dealkylation sites (tertiary alicyclic amines) is 1. The van der Waals surface area contributed by atoms with Crippen molar-refractivity contribution < 1.29 is 9.53 Å². The fourth-order valence-corrected chi connectivity index (χ4v) is 2.87. The number of nitrogens with zero attached hydrogens (tertiary/aromatic N) is 2. The lowest BCUT2D eigenvalue weighted by molar-refractivity contribution is 0.0127. The molecule has 1 aliphatic carbocycles. The highest BCUT2D eigenvalue weighted by Gasteiger charge is 2.38. The van der Waals surface area contributed by atoms with Gasteiger partial charge in [0.25, 0.3) is 0 Å². The molecule has 2 N–H and O–H groups in total. The van der Waals surface area contributed by atoms with E-state index in [0.29, 0.717) is 11.8 Å². The Hall–Kier alpha value is -1.26. The Morgan fingerprint density at radius 2 is 2.06 bits per heavy atom. The van der Waals surface area contributed by atoms with E-state index >= 15 is 0 Å². The molecule has 1 aliphatic heterocycles. The van der Waals surface area contributed by atoms with Gasteiger partial charge in [0.15, 0.2) is 0 Å². The monoisotopic (exact) mass is 253 g/mol. The summed E-state index contributed by atoms with van der Waals surface area (Å²) in [7, 11) is 0. The minimum atomic E-state index is -0.423. The minimum absolute atomic E-state index is 0.195. The number of amides is 1. The van der Waals surface area contributed by atoms with Crippen molar-refractivity contribution in [2.75, 3.05) is 13.1 Å². The molecule has 5 heteroatoms. The predicted octanol–water partition coefficient (Wildman–Crippen LogP) is 1.97. The van der Waals surface area contributed by atoms with Crippen LogP contribution >= 0.6 is 0 Å². The first-order valence-corrected chi connectivity index (χ1v) is 6.62. The van der Waals surface area contributed by atoms with Gasteiger partial charge in [-0.1, -0.05) is 0 Å². The maximum atomic E-state index is 12.0. The molecule has 1 saturated heterocycles. The molecule has 0 radical (unpaired) electrons. The van der Waals surface area contributed by atoms with Gasteiger partial charge in [0, 0.05) is 18.8 Å². The fourth-order valence-electron chi connectivity index (χ4n) is 2.87. The van der Waals surface area contributed by atoms with Crippen LogP contribution in [-0.2, 0) is 4.74 Å². The van der Waals surface area contributed by atoms with Crippen LogP contribution in [-0.4, -0.2) is 35.4 Å². The number of fused-ring (bicyclic) bond motifs is 1. The third-order valence-corrected chi connectivity index (χ3v) is 3.72. The van der Waals surface area contributed by atoms with Crippen LogP contribution in [0.2, 0.25) is 0 Å². The molecule has 2 aliphatic rings. The van der Waals surface area contributed by atoms with E-state index in [1.807, 2.05) is 25.7 Å². The van der Waals surface area contributed by atoms with Crippen molar-refractivity contribution in [3.05, 3.63) is 0 Å². The molecule has 2 atom stereocenters. The van der Waals surface area contributed by atoms with Crippen molar-refractivity contribution in [1.82, 2.24) is 4.90 Å². The van der Waals surface area contributed by atoms with Crippen LogP contribution in [0.4, 0.5) is 4.79 Å². The van der Waals surface area contributed by atoms with Gasteiger partial charge in [-0.25, -0.2) is 4.79 Å². The third kappa shape index (κ3) is 2.94. The largest absolute Gasteiger partial charge is 0.444 e. The molecule has 0 spiro atoms. The summed E-state index contributed by atoms with van der Waals surface area (Å²) in [4.78, 5) is 13.8. The summed E-state index contributed by atoms with van der Waals surface area (Å²) in [6.07, 6.45) is 2.77. The second-order valence-electron chi connectivity index (χ2n) is 6.34. The van der Waals surface area contributed by atoms with Gasteiger partial charge in [-0.05, 0) is 51.9 Å². The maximum Gasteiger partial charge on any atom is 0.410 e. The predicted molar refractivity (Wildman–Crippen MR) is 70.3 cm³/mol. The van der Waals surface area contributed by atoms with Crippen molar-refractivity contribution in [3.8, 4) is 0 Å². The molecule has 2 unspecified atom stereocenters. The molecule has 0 bridgehead atoms. The second-order valence-corrected chi connectivity index (χ2v) is 6.34. The number of hydrogen-bond donors (Lipinski definition) is 1. The van der Waals surface area contributed by atoms with Gasteiger partial charge < -0.3 is 15.5 Å². The maximum absolute atomic E-state index is 12.0. The lowest BCUT2D eigenvalue weighted by atomic mass is 9.89. The number of hydrogen-bond acceptors (Lipinski definition) is 4. The Bertz CT molecular complexity index is 360. The molecule has 0 aromatic carbocycles. The van der Waals surface area contributed by atoms with Crippen LogP contribution in [0.1, 0.15) is 40.0 Å². The highest BCUT2D eigenvalue weighted by atomic mass is 16.6. The zero-order chi connectivity index (χ0) is 13.3. The summed E-state index contributed by atoms with van der Waals surface area (Å²) in [5.41, 5.74) is 0.670. The number of rotatable bonds is 0. The second kappa shape index (κ2) is 4.78. The van der Waals surface area contributed by atoms with Gasteiger partial charge >= 0.3 is 6.09 Å². The molecular formula is C13H23N3O2. The van der Waals surface area contributed by atoms with Crippen LogP contribution in [0.15, 0.2) is 5.10 Å². The van der Waals surface area contributed by atoms with Crippen molar-refractivity contribution in [2.24, 2.45) is 22.8 Å². The molecule has 18 heavy (non-hydrogen) atoms. The van der Waals surface area contributed by atoms with Crippen molar-refractivity contribution in [1.29, 1.82) is 0 Å². The molecule has 0 aromatic rings. The van der Waals surface area contributed by atoms with E-state index in [0.717, 1.165) is 38.1 Å². The summed E-state index contributed by atoms with van der Waals surface area (Å²) in [6, 6.07) is 0. The highest BCUT2D eigenvalue weighted by Crippen LogP contribution is 2.36. The van der Waals surface area contributed by atoms with Crippen LogP contribution in [0.25, 0.3) is 0 Å². The van der Waals surface area contributed by atoms with Gasteiger partial charge in [0.05, 0.1) is 0 Å². The first kappa shape index (κ1) is 13.2. The Morgan fingerprint density at radius 3 is 2.67 bits per heavy atom. The molecule has 2 fully saturated rings. The molecule has 0 aromatic heterocycles. The number of nitrogens with two attached hydrogens (primary N) is 1. The average Bonchev–Trinajstić information content (AvgIpc) is 2.68. The average molecular weight is 253 g/mol. The van der Waals surface area contributed by atoms with Gasteiger partial charge in [-0.15, -0.1) is 0 Å². The smallest absolute Gasteiger partial charge is 0.410 e. The zero-order valence-corrected chi connectivity index (χ0v) is 11.5. The van der Waals surface area contributed by atoms with Gasteiger partial charge in [0.1, 0.15) is 5.60 Å². The Kier molecular flexibility index (Phi) is 3.50. The zero-order valence-electron chi connectivity index (χ0n) is 11.5. The fraction of sp³-hybridized carbons (Fsp3) is 0.846. The van der Waals surface area contributed by atoms with E-state index < -0.39 is 5.60 Å². The lowest BCUT2D eigenvalue weighted by Crippen LogP contribution is -2.44. The Labute approximate surface area is 108 Å². The highest BCUT2D eigenvalue weighted by molar-refractivity contribution is 5.87. The van der Waals surface area contributed by atoms with Crippen LogP contribution in [0.3, 0.4) is 0 Å². The number of hydrazone groups is 1. The van der Waals surface area contributed by atoms with Gasteiger partial charge in [0.2, 0.25) is 0 Å². The number of carbonyl (C=O) groups is 1. The molecule has 102 valence electrons. The summed E-state index contributed by atoms with van der Waals surface area (Å²) in [6.45, 7) is 7.25. The molecule has 1 heterocycles. The summed E-state index contributed by atoms with van der Waals surface area (Å²) < 4.78 is 5.41. The van der Waals surface area contributed by atoms with Crippen molar-refractivity contribution in [3.63, 3.8) is 0 Å². The van der Waals surface area contributed by atoms with E-state index in [9.17, 15) is 4.79 Å². The first-order chi connectivity index (χ1) is 8.39. The summed E-state index contributed by atoms with van der Waals surface area (Å²) in [5.74, 6) is 6.50. The minimum Gasteiger partial charge on any atom is -0.444 e. The lowest BCUT2D eigenvalue weighted by Gasteiger charge is -2.35. The number of piperidine rings is 1. The number of ether oxygens (including phenoxy) is 1. The summed E-state index contributed by atoms with van der Waals surface area (Å²) in [5, 5.41) is 3.82. The van der Waals surface area contributed by atoms with Crippen LogP contribution < -0.4 is 5.84 Å². The van der Waals surface area contributed by atoms with E-state index in [4.69, 9.17) is 10.6 Å².